The number of nitrogens with one attached hydrogen (secondary N) is 1. The number of morpholine rings is 1. The standard InChI is InChI=1S/C10H18N2O2/c1-10(8-11-10)3-2-9(13)12-4-6-14-7-5-12/h11H,2-8H2,1H3. The molecule has 2 fully saturated rings. The maximum absolute atomic E-state index is 11.7. The minimum Gasteiger partial charge on any atom is -0.378 e. The molecule has 1 amide bonds. The molecule has 0 aromatic carbocycles. The molecule has 1 N–H and O–H groups in total. The molecule has 2 aliphatic heterocycles. The summed E-state index contributed by atoms with van der Waals surface area (Å²) in [4.78, 5) is 13.6. The Morgan fingerprint density at radius 3 is 2.71 bits per heavy atom. The van der Waals surface area contributed by atoms with Crippen molar-refractivity contribution >= 4 is 5.91 Å². The number of amides is 1. The minimum atomic E-state index is 0.252. The van der Waals surface area contributed by atoms with E-state index < -0.39 is 0 Å². The SMILES string of the molecule is CC1(CCC(=O)N2CCOCC2)CN1. The molecule has 1 atom stereocenters. The first-order valence-corrected chi connectivity index (χ1v) is 5.30. The number of hydrogen-bond donors (Lipinski definition) is 1. The van der Waals surface area contributed by atoms with Gasteiger partial charge in [-0.3, -0.25) is 4.79 Å². The molecule has 2 rings (SSSR count). The third-order valence-corrected chi connectivity index (χ3v) is 3.03. The van der Waals surface area contributed by atoms with E-state index in [2.05, 4.69) is 12.2 Å². The Balaban J connectivity index is 1.71. The summed E-state index contributed by atoms with van der Waals surface area (Å²) < 4.78 is 5.20. The van der Waals surface area contributed by atoms with E-state index in [1.165, 1.54) is 0 Å². The first kappa shape index (κ1) is 9.93. The van der Waals surface area contributed by atoms with E-state index >= 15 is 0 Å². The zero-order valence-electron chi connectivity index (χ0n) is 8.71. The summed E-state index contributed by atoms with van der Waals surface area (Å²) in [6.07, 6.45) is 1.63. The van der Waals surface area contributed by atoms with E-state index in [9.17, 15) is 4.79 Å². The summed E-state index contributed by atoms with van der Waals surface area (Å²) in [6, 6.07) is 0. The van der Waals surface area contributed by atoms with Crippen LogP contribution >= 0.6 is 0 Å². The number of carbonyl (C=O) groups is 1. The van der Waals surface area contributed by atoms with Crippen molar-refractivity contribution in [3.05, 3.63) is 0 Å². The Bertz CT molecular complexity index is 220. The lowest BCUT2D eigenvalue weighted by atomic mass is 10.1. The molecule has 2 saturated heterocycles. The van der Waals surface area contributed by atoms with Gasteiger partial charge in [-0.15, -0.1) is 0 Å². The van der Waals surface area contributed by atoms with Gasteiger partial charge in [0.1, 0.15) is 0 Å². The van der Waals surface area contributed by atoms with Crippen molar-refractivity contribution in [2.24, 2.45) is 0 Å². The number of nitrogens with zero attached hydrogens (tertiary/aromatic N) is 1. The van der Waals surface area contributed by atoms with Gasteiger partial charge in [-0.2, -0.15) is 0 Å². The Morgan fingerprint density at radius 1 is 1.50 bits per heavy atom. The first-order chi connectivity index (χ1) is 6.70. The highest BCUT2D eigenvalue weighted by Gasteiger charge is 2.36. The van der Waals surface area contributed by atoms with Gasteiger partial charge >= 0.3 is 0 Å². The summed E-state index contributed by atoms with van der Waals surface area (Å²) in [6.45, 7) is 6.15. The van der Waals surface area contributed by atoms with Crippen LogP contribution in [0.3, 0.4) is 0 Å². The second-order valence-electron chi connectivity index (χ2n) is 4.41. The average Bonchev–Trinajstić information content (AvgIpc) is 2.95. The highest BCUT2D eigenvalue weighted by atomic mass is 16.5. The number of rotatable bonds is 3. The van der Waals surface area contributed by atoms with Crippen LogP contribution in [0.15, 0.2) is 0 Å². The maximum Gasteiger partial charge on any atom is 0.222 e. The molecule has 4 nitrogen and oxygen atoms in total. The van der Waals surface area contributed by atoms with Gasteiger partial charge in [0, 0.05) is 31.6 Å². The van der Waals surface area contributed by atoms with Gasteiger partial charge in [-0.25, -0.2) is 0 Å². The van der Waals surface area contributed by atoms with E-state index in [1.807, 2.05) is 4.90 Å². The lowest BCUT2D eigenvalue weighted by Gasteiger charge is -2.27. The summed E-state index contributed by atoms with van der Waals surface area (Å²) in [5, 5.41) is 3.27. The zero-order valence-corrected chi connectivity index (χ0v) is 8.71. The summed E-state index contributed by atoms with van der Waals surface area (Å²) in [7, 11) is 0. The highest BCUT2D eigenvalue weighted by molar-refractivity contribution is 5.76. The van der Waals surface area contributed by atoms with Gasteiger partial charge in [0.05, 0.1) is 13.2 Å². The molecule has 0 spiro atoms. The fourth-order valence-electron chi connectivity index (χ4n) is 1.68. The maximum atomic E-state index is 11.7. The number of carbonyl (C=O) groups excluding carboxylic acids is 1. The molecule has 0 saturated carbocycles. The number of ether oxygens (including phenoxy) is 1. The fraction of sp³-hybridized carbons (Fsp3) is 0.900. The van der Waals surface area contributed by atoms with Crippen LogP contribution in [-0.2, 0) is 9.53 Å². The van der Waals surface area contributed by atoms with Crippen LogP contribution in [0.4, 0.5) is 0 Å². The molecular formula is C10H18N2O2. The average molecular weight is 198 g/mol. The molecule has 0 aromatic rings. The van der Waals surface area contributed by atoms with Gasteiger partial charge in [0.2, 0.25) is 5.91 Å². The molecule has 14 heavy (non-hydrogen) atoms. The third-order valence-electron chi connectivity index (χ3n) is 3.03. The number of hydrogen-bond acceptors (Lipinski definition) is 3. The fourth-order valence-corrected chi connectivity index (χ4v) is 1.68. The van der Waals surface area contributed by atoms with Crippen molar-refractivity contribution in [1.29, 1.82) is 0 Å². The second-order valence-corrected chi connectivity index (χ2v) is 4.41. The normalized spacial score (nSPS) is 31.6. The zero-order chi connectivity index (χ0) is 10.0. The van der Waals surface area contributed by atoms with E-state index in [0.29, 0.717) is 19.6 Å². The van der Waals surface area contributed by atoms with Crippen molar-refractivity contribution in [2.45, 2.75) is 25.3 Å². The largest absolute Gasteiger partial charge is 0.378 e. The molecule has 0 aromatic heterocycles. The van der Waals surface area contributed by atoms with Crippen LogP contribution in [0.1, 0.15) is 19.8 Å². The van der Waals surface area contributed by atoms with Gasteiger partial charge in [0.25, 0.3) is 0 Å². The molecule has 80 valence electrons. The first-order valence-electron chi connectivity index (χ1n) is 5.30. The van der Waals surface area contributed by atoms with Crippen LogP contribution in [0.2, 0.25) is 0 Å². The van der Waals surface area contributed by atoms with Crippen LogP contribution in [0.25, 0.3) is 0 Å². The van der Waals surface area contributed by atoms with Gasteiger partial charge in [0.15, 0.2) is 0 Å². The van der Waals surface area contributed by atoms with Crippen molar-refractivity contribution in [1.82, 2.24) is 10.2 Å². The van der Waals surface area contributed by atoms with E-state index in [-0.39, 0.29) is 11.4 Å². The van der Waals surface area contributed by atoms with Crippen LogP contribution in [0, 0.1) is 0 Å². The molecule has 0 bridgehead atoms. The summed E-state index contributed by atoms with van der Waals surface area (Å²) >= 11 is 0. The van der Waals surface area contributed by atoms with E-state index in [1.54, 1.807) is 0 Å². The van der Waals surface area contributed by atoms with Gasteiger partial charge in [-0.1, -0.05) is 0 Å². The molecule has 4 heteroatoms. The molecule has 0 radical (unpaired) electrons. The third kappa shape index (κ3) is 2.45. The van der Waals surface area contributed by atoms with Crippen LogP contribution in [-0.4, -0.2) is 49.2 Å². The van der Waals surface area contributed by atoms with E-state index in [4.69, 9.17) is 4.74 Å². The monoisotopic (exact) mass is 198 g/mol. The quantitative estimate of drug-likeness (QED) is 0.649. The summed E-state index contributed by atoms with van der Waals surface area (Å²) in [5.41, 5.74) is 0.252. The second kappa shape index (κ2) is 3.87. The molecule has 0 aliphatic carbocycles. The Kier molecular flexibility index (Phi) is 2.74. The van der Waals surface area contributed by atoms with Crippen molar-refractivity contribution in [3.63, 3.8) is 0 Å². The summed E-state index contributed by atoms with van der Waals surface area (Å²) in [5.74, 6) is 0.281. The van der Waals surface area contributed by atoms with E-state index in [0.717, 1.165) is 26.1 Å². The lowest BCUT2D eigenvalue weighted by molar-refractivity contribution is -0.135. The van der Waals surface area contributed by atoms with Crippen molar-refractivity contribution in [3.8, 4) is 0 Å². The van der Waals surface area contributed by atoms with Crippen LogP contribution < -0.4 is 5.32 Å². The van der Waals surface area contributed by atoms with Gasteiger partial charge < -0.3 is 15.0 Å². The lowest BCUT2D eigenvalue weighted by Crippen LogP contribution is -2.41. The van der Waals surface area contributed by atoms with Gasteiger partial charge in [-0.05, 0) is 13.3 Å². The molecule has 2 aliphatic rings. The Labute approximate surface area is 84.6 Å². The molecule has 1 unspecified atom stereocenters. The van der Waals surface area contributed by atoms with Crippen LogP contribution in [0.5, 0.6) is 0 Å². The smallest absolute Gasteiger partial charge is 0.222 e. The minimum absolute atomic E-state index is 0.252. The Morgan fingerprint density at radius 2 is 2.14 bits per heavy atom. The van der Waals surface area contributed by atoms with Crippen molar-refractivity contribution in [2.75, 3.05) is 32.8 Å². The van der Waals surface area contributed by atoms with Crippen molar-refractivity contribution < 1.29 is 9.53 Å². The predicted molar refractivity (Wildman–Crippen MR) is 53.0 cm³/mol. The molecular weight excluding hydrogens is 180 g/mol. The highest BCUT2D eigenvalue weighted by Crippen LogP contribution is 2.22. The topological polar surface area (TPSA) is 51.5 Å². The predicted octanol–water partition coefficient (Wildman–Crippen LogP) is -0.0127. The molecule has 2 heterocycles. The Hall–Kier alpha value is -0.610.